The molecule has 1 aromatic carbocycles. The van der Waals surface area contributed by atoms with Crippen LogP contribution in [0, 0.1) is 6.92 Å². The van der Waals surface area contributed by atoms with Crippen molar-refractivity contribution in [2.24, 2.45) is 0 Å². The molecule has 1 aromatic heterocycles. The number of nitrogens with one attached hydrogen (secondary N) is 1. The van der Waals surface area contributed by atoms with Crippen molar-refractivity contribution in [3.8, 4) is 0 Å². The van der Waals surface area contributed by atoms with E-state index in [1.807, 2.05) is 5.38 Å². The lowest BCUT2D eigenvalue weighted by Crippen LogP contribution is -2.37. The van der Waals surface area contributed by atoms with Crippen LogP contribution in [0.2, 0.25) is 10.0 Å². The predicted molar refractivity (Wildman–Crippen MR) is 105 cm³/mol. The van der Waals surface area contributed by atoms with Gasteiger partial charge in [0.05, 0.1) is 23.9 Å². The zero-order chi connectivity index (χ0) is 18.7. The summed E-state index contributed by atoms with van der Waals surface area (Å²) in [6, 6.07) is 2.98. The largest absolute Gasteiger partial charge is 0.379 e. The van der Waals surface area contributed by atoms with E-state index in [4.69, 9.17) is 27.9 Å². The highest BCUT2D eigenvalue weighted by Crippen LogP contribution is 2.31. The minimum Gasteiger partial charge on any atom is -0.379 e. The summed E-state index contributed by atoms with van der Waals surface area (Å²) < 4.78 is 33.2. The lowest BCUT2D eigenvalue weighted by Gasteiger charge is -2.26. The number of benzene rings is 1. The van der Waals surface area contributed by atoms with Gasteiger partial charge in [-0.05, 0) is 24.6 Å². The molecule has 10 heteroatoms. The molecule has 26 heavy (non-hydrogen) atoms. The number of aryl methyl sites for hydroxylation is 1. The van der Waals surface area contributed by atoms with Crippen LogP contribution in [0.3, 0.4) is 0 Å². The summed E-state index contributed by atoms with van der Waals surface area (Å²) in [5, 5.41) is 2.68. The van der Waals surface area contributed by atoms with E-state index in [2.05, 4.69) is 14.6 Å². The van der Waals surface area contributed by atoms with E-state index < -0.39 is 10.0 Å². The molecule has 0 spiro atoms. The first-order valence-corrected chi connectivity index (χ1v) is 11.2. The van der Waals surface area contributed by atoms with Crippen molar-refractivity contribution < 1.29 is 13.2 Å². The van der Waals surface area contributed by atoms with E-state index in [0.29, 0.717) is 15.7 Å². The van der Waals surface area contributed by atoms with Crippen LogP contribution in [-0.4, -0.2) is 51.1 Å². The van der Waals surface area contributed by atoms with Crippen molar-refractivity contribution >= 4 is 49.7 Å². The Labute approximate surface area is 167 Å². The number of aromatic nitrogens is 1. The number of rotatable bonds is 6. The maximum Gasteiger partial charge on any atom is 0.265 e. The highest BCUT2D eigenvalue weighted by Gasteiger charge is 2.23. The molecule has 2 heterocycles. The van der Waals surface area contributed by atoms with Crippen LogP contribution in [0.5, 0.6) is 0 Å². The summed E-state index contributed by atoms with van der Waals surface area (Å²) >= 11 is 13.3. The molecule has 1 fully saturated rings. The molecule has 1 N–H and O–H groups in total. The number of thiazole rings is 1. The zero-order valence-electron chi connectivity index (χ0n) is 14.2. The summed E-state index contributed by atoms with van der Waals surface area (Å²) in [7, 11) is -3.83. The molecule has 0 aliphatic carbocycles. The molecule has 142 valence electrons. The molecule has 0 saturated carbocycles. The molecular weight excluding hydrogens is 417 g/mol. The Morgan fingerprint density at radius 3 is 2.73 bits per heavy atom. The van der Waals surface area contributed by atoms with E-state index in [9.17, 15) is 8.42 Å². The standard InChI is InChI=1S/C16H19Cl2N3O3S2/c1-11-8-12(17)9-14(18)15(11)26(22,23)20-16-19-13(10-25-16)2-3-21-4-6-24-7-5-21/h8-10H,2-7H2,1H3,(H,19,20). The van der Waals surface area contributed by atoms with Gasteiger partial charge in [0, 0.05) is 36.5 Å². The van der Waals surface area contributed by atoms with Crippen LogP contribution in [0.15, 0.2) is 22.4 Å². The number of nitrogens with zero attached hydrogens (tertiary/aromatic N) is 2. The summed E-state index contributed by atoms with van der Waals surface area (Å²) in [6.45, 7) is 5.87. The molecule has 2 aromatic rings. The van der Waals surface area contributed by atoms with Crippen LogP contribution in [0.4, 0.5) is 5.13 Å². The number of halogens is 2. The van der Waals surface area contributed by atoms with Crippen molar-refractivity contribution in [2.75, 3.05) is 37.6 Å². The monoisotopic (exact) mass is 435 g/mol. The van der Waals surface area contributed by atoms with Gasteiger partial charge in [0.15, 0.2) is 5.13 Å². The second-order valence-corrected chi connectivity index (χ2v) is 9.31. The van der Waals surface area contributed by atoms with Crippen molar-refractivity contribution in [3.05, 3.63) is 38.8 Å². The molecule has 0 atom stereocenters. The van der Waals surface area contributed by atoms with Gasteiger partial charge in [-0.1, -0.05) is 23.2 Å². The Kier molecular flexibility index (Phi) is 6.42. The lowest BCUT2D eigenvalue weighted by molar-refractivity contribution is 0.0383. The summed E-state index contributed by atoms with van der Waals surface area (Å²) in [4.78, 5) is 6.71. The molecule has 0 unspecified atom stereocenters. The fraction of sp³-hybridized carbons (Fsp3) is 0.438. The maximum atomic E-state index is 12.7. The van der Waals surface area contributed by atoms with Crippen molar-refractivity contribution in [2.45, 2.75) is 18.2 Å². The van der Waals surface area contributed by atoms with Gasteiger partial charge in [-0.15, -0.1) is 11.3 Å². The third-order valence-corrected chi connectivity index (χ3v) is 7.13. The van der Waals surface area contributed by atoms with Crippen molar-refractivity contribution in [1.82, 2.24) is 9.88 Å². The maximum absolute atomic E-state index is 12.7. The Balaban J connectivity index is 1.68. The summed E-state index contributed by atoms with van der Waals surface area (Å²) in [5.41, 5.74) is 1.34. The number of morpholine rings is 1. The Morgan fingerprint density at radius 1 is 1.31 bits per heavy atom. The summed E-state index contributed by atoms with van der Waals surface area (Å²) in [5.74, 6) is 0. The molecule has 0 amide bonds. The predicted octanol–water partition coefficient (Wildman–Crippen LogP) is 3.43. The topological polar surface area (TPSA) is 71.5 Å². The smallest absolute Gasteiger partial charge is 0.265 e. The molecule has 6 nitrogen and oxygen atoms in total. The zero-order valence-corrected chi connectivity index (χ0v) is 17.3. The number of anilines is 1. The molecule has 0 bridgehead atoms. The second-order valence-electron chi connectivity index (χ2n) is 5.99. The first-order valence-electron chi connectivity index (χ1n) is 8.08. The minimum absolute atomic E-state index is 0.0219. The van der Waals surface area contributed by atoms with Gasteiger partial charge in [0.2, 0.25) is 0 Å². The lowest BCUT2D eigenvalue weighted by atomic mass is 10.2. The molecule has 3 rings (SSSR count). The fourth-order valence-electron chi connectivity index (χ4n) is 2.76. The van der Waals surface area contributed by atoms with Gasteiger partial charge in [-0.2, -0.15) is 0 Å². The first kappa shape index (κ1) is 19.9. The molecule has 1 saturated heterocycles. The van der Waals surface area contributed by atoms with Crippen LogP contribution in [0.1, 0.15) is 11.3 Å². The van der Waals surface area contributed by atoms with Crippen LogP contribution < -0.4 is 4.72 Å². The quantitative estimate of drug-likeness (QED) is 0.751. The number of hydrogen-bond donors (Lipinski definition) is 1. The normalized spacial score (nSPS) is 16.0. The van der Waals surface area contributed by atoms with Crippen molar-refractivity contribution in [1.29, 1.82) is 0 Å². The summed E-state index contributed by atoms with van der Waals surface area (Å²) in [6.07, 6.45) is 0.763. The van der Waals surface area contributed by atoms with E-state index >= 15 is 0 Å². The molecule has 1 aliphatic rings. The van der Waals surface area contributed by atoms with Crippen molar-refractivity contribution in [3.63, 3.8) is 0 Å². The number of ether oxygens (including phenoxy) is 1. The molecule has 1 aliphatic heterocycles. The Hall–Kier alpha value is -0.900. The van der Waals surface area contributed by atoms with E-state index in [1.54, 1.807) is 13.0 Å². The fourth-order valence-corrected chi connectivity index (χ4v) is 5.95. The first-order chi connectivity index (χ1) is 12.3. The third kappa shape index (κ3) is 4.88. The number of sulfonamides is 1. The molecule has 0 radical (unpaired) electrons. The Bertz CT molecular complexity index is 858. The average molecular weight is 436 g/mol. The van der Waals surface area contributed by atoms with Crippen LogP contribution in [0.25, 0.3) is 0 Å². The van der Waals surface area contributed by atoms with E-state index in [1.165, 1.54) is 17.4 Å². The second kappa shape index (κ2) is 8.41. The highest BCUT2D eigenvalue weighted by molar-refractivity contribution is 7.93. The van der Waals surface area contributed by atoms with Gasteiger partial charge >= 0.3 is 0 Å². The molecular formula is C16H19Cl2N3O3S2. The van der Waals surface area contributed by atoms with Gasteiger partial charge in [0.25, 0.3) is 10.0 Å². The van der Waals surface area contributed by atoms with E-state index in [-0.39, 0.29) is 9.92 Å². The Morgan fingerprint density at radius 2 is 2.04 bits per heavy atom. The van der Waals surface area contributed by atoms with E-state index in [0.717, 1.165) is 45.0 Å². The van der Waals surface area contributed by atoms with Gasteiger partial charge in [-0.25, -0.2) is 13.4 Å². The van der Waals surface area contributed by atoms with Crippen LogP contribution in [-0.2, 0) is 21.2 Å². The van der Waals surface area contributed by atoms with Gasteiger partial charge in [-0.3, -0.25) is 9.62 Å². The highest BCUT2D eigenvalue weighted by atomic mass is 35.5. The van der Waals surface area contributed by atoms with Gasteiger partial charge in [0.1, 0.15) is 4.90 Å². The van der Waals surface area contributed by atoms with Crippen LogP contribution >= 0.6 is 34.5 Å². The average Bonchev–Trinajstić information content (AvgIpc) is 2.99. The third-order valence-electron chi connectivity index (χ3n) is 4.02. The SMILES string of the molecule is Cc1cc(Cl)cc(Cl)c1S(=O)(=O)Nc1nc(CCN2CCOCC2)cs1. The number of hydrogen-bond acceptors (Lipinski definition) is 6. The minimum atomic E-state index is -3.83. The van der Waals surface area contributed by atoms with Gasteiger partial charge < -0.3 is 4.74 Å².